The molecule has 0 aliphatic carbocycles. The average Bonchev–Trinajstić information content (AvgIpc) is 2.55. The molecule has 0 bridgehead atoms. The smallest absolute Gasteiger partial charge is 0.238 e. The molecule has 130 valence electrons. The van der Waals surface area contributed by atoms with Crippen LogP contribution in [0.1, 0.15) is 18.1 Å². The Kier molecular flexibility index (Phi) is 4.87. The summed E-state index contributed by atoms with van der Waals surface area (Å²) in [4.78, 5) is 28.7. The normalized spacial score (nSPS) is 26.5. The molecule has 1 aromatic carbocycles. The van der Waals surface area contributed by atoms with Gasteiger partial charge in [0.2, 0.25) is 11.8 Å². The van der Waals surface area contributed by atoms with Gasteiger partial charge < -0.3 is 4.90 Å². The fraction of sp³-hybridized carbons (Fsp3) is 0.556. The minimum absolute atomic E-state index is 0.0311. The van der Waals surface area contributed by atoms with Crippen molar-refractivity contribution in [3.63, 3.8) is 0 Å². The zero-order chi connectivity index (χ0) is 17.3. The Bertz CT molecular complexity index is 633. The third-order valence-electron chi connectivity index (χ3n) is 5.19. The fourth-order valence-electron chi connectivity index (χ4n) is 3.55. The quantitative estimate of drug-likeness (QED) is 0.883. The molecule has 1 N–H and O–H groups in total. The van der Waals surface area contributed by atoms with Gasteiger partial charge in [-0.2, -0.15) is 0 Å². The minimum atomic E-state index is -0.100. The number of amides is 2. The third kappa shape index (κ3) is 3.44. The van der Waals surface area contributed by atoms with Crippen LogP contribution >= 0.6 is 0 Å². The summed E-state index contributed by atoms with van der Waals surface area (Å²) in [7, 11) is 1.87. The molecule has 1 aromatic rings. The van der Waals surface area contributed by atoms with E-state index in [4.69, 9.17) is 0 Å². The number of carbonyl (C=O) groups is 2. The van der Waals surface area contributed by atoms with Gasteiger partial charge in [0.25, 0.3) is 0 Å². The van der Waals surface area contributed by atoms with Crippen LogP contribution in [0.25, 0.3) is 0 Å². The zero-order valence-electron chi connectivity index (χ0n) is 14.7. The number of rotatable bonds is 3. The van der Waals surface area contributed by atoms with E-state index in [1.807, 2.05) is 36.0 Å². The molecule has 6 heteroatoms. The number of carbonyl (C=O) groups excluding carboxylic acids is 2. The highest BCUT2D eigenvalue weighted by atomic mass is 16.2. The predicted octanol–water partition coefficient (Wildman–Crippen LogP) is 0.621. The number of benzene rings is 1. The van der Waals surface area contributed by atoms with Crippen molar-refractivity contribution in [2.75, 3.05) is 33.2 Å². The maximum atomic E-state index is 12.6. The summed E-state index contributed by atoms with van der Waals surface area (Å²) in [5, 5.41) is 1.82. The summed E-state index contributed by atoms with van der Waals surface area (Å²) in [5.41, 5.74) is 5.24. The molecule has 2 fully saturated rings. The van der Waals surface area contributed by atoms with Gasteiger partial charge in [-0.15, -0.1) is 0 Å². The SMILES string of the molecule is Cc1ccccc1CN1CCN(C2CN(C)NC(=O)C2C)CC1=O. The van der Waals surface area contributed by atoms with E-state index in [-0.39, 0.29) is 23.8 Å². The summed E-state index contributed by atoms with van der Waals surface area (Å²) in [5.74, 6) is 0.0748. The highest BCUT2D eigenvalue weighted by Gasteiger charge is 2.38. The lowest BCUT2D eigenvalue weighted by Gasteiger charge is -2.44. The van der Waals surface area contributed by atoms with Crippen LogP contribution in [-0.2, 0) is 16.1 Å². The highest BCUT2D eigenvalue weighted by Crippen LogP contribution is 2.20. The Hall–Kier alpha value is -1.92. The van der Waals surface area contributed by atoms with Gasteiger partial charge in [-0.3, -0.25) is 19.9 Å². The molecule has 0 saturated carbocycles. The van der Waals surface area contributed by atoms with Gasteiger partial charge in [0.05, 0.1) is 12.5 Å². The monoisotopic (exact) mass is 330 g/mol. The van der Waals surface area contributed by atoms with Crippen molar-refractivity contribution in [3.05, 3.63) is 35.4 Å². The molecule has 2 unspecified atom stereocenters. The topological polar surface area (TPSA) is 55.9 Å². The van der Waals surface area contributed by atoms with Gasteiger partial charge in [0, 0.05) is 39.3 Å². The lowest BCUT2D eigenvalue weighted by atomic mass is 9.96. The maximum absolute atomic E-state index is 12.6. The lowest BCUT2D eigenvalue weighted by Crippen LogP contribution is -2.63. The molecule has 2 heterocycles. The first kappa shape index (κ1) is 16.9. The summed E-state index contributed by atoms with van der Waals surface area (Å²) < 4.78 is 0. The van der Waals surface area contributed by atoms with Gasteiger partial charge >= 0.3 is 0 Å². The van der Waals surface area contributed by atoms with Crippen molar-refractivity contribution in [3.8, 4) is 0 Å². The van der Waals surface area contributed by atoms with Gasteiger partial charge in [0.1, 0.15) is 0 Å². The molecule has 2 aliphatic rings. The molecule has 2 atom stereocenters. The van der Waals surface area contributed by atoms with Crippen molar-refractivity contribution < 1.29 is 9.59 Å². The molecule has 0 spiro atoms. The predicted molar refractivity (Wildman–Crippen MR) is 91.9 cm³/mol. The first-order valence-electron chi connectivity index (χ1n) is 8.53. The highest BCUT2D eigenvalue weighted by molar-refractivity contribution is 5.81. The number of nitrogens with one attached hydrogen (secondary N) is 1. The van der Waals surface area contributed by atoms with E-state index in [2.05, 4.69) is 29.4 Å². The Morgan fingerprint density at radius 1 is 1.21 bits per heavy atom. The van der Waals surface area contributed by atoms with Crippen molar-refractivity contribution >= 4 is 11.8 Å². The molecule has 6 nitrogen and oxygen atoms in total. The average molecular weight is 330 g/mol. The Morgan fingerprint density at radius 3 is 2.67 bits per heavy atom. The lowest BCUT2D eigenvalue weighted by molar-refractivity contribution is -0.145. The fourth-order valence-corrected chi connectivity index (χ4v) is 3.55. The van der Waals surface area contributed by atoms with Crippen LogP contribution in [-0.4, -0.2) is 65.9 Å². The summed E-state index contributed by atoms with van der Waals surface area (Å²) in [6.45, 7) is 7.35. The molecule has 24 heavy (non-hydrogen) atoms. The number of nitrogens with zero attached hydrogens (tertiary/aromatic N) is 3. The Morgan fingerprint density at radius 2 is 1.96 bits per heavy atom. The number of aryl methyl sites for hydroxylation is 1. The van der Waals surface area contributed by atoms with Crippen molar-refractivity contribution in [1.29, 1.82) is 0 Å². The van der Waals surface area contributed by atoms with E-state index >= 15 is 0 Å². The second-order valence-corrected chi connectivity index (χ2v) is 6.92. The molecular weight excluding hydrogens is 304 g/mol. The molecule has 0 aromatic heterocycles. The summed E-state index contributed by atoms with van der Waals surface area (Å²) >= 11 is 0. The van der Waals surface area contributed by atoms with E-state index in [0.29, 0.717) is 19.6 Å². The van der Waals surface area contributed by atoms with Crippen LogP contribution in [0.15, 0.2) is 24.3 Å². The second kappa shape index (κ2) is 6.91. The van der Waals surface area contributed by atoms with Crippen LogP contribution in [0.3, 0.4) is 0 Å². The van der Waals surface area contributed by atoms with Crippen LogP contribution in [0.5, 0.6) is 0 Å². The number of hydrogen-bond donors (Lipinski definition) is 1. The Labute approximate surface area is 143 Å². The first-order valence-corrected chi connectivity index (χ1v) is 8.53. The van der Waals surface area contributed by atoms with Crippen LogP contribution in [0.4, 0.5) is 0 Å². The molecule has 2 amide bonds. The van der Waals surface area contributed by atoms with E-state index < -0.39 is 0 Å². The van der Waals surface area contributed by atoms with Gasteiger partial charge in [-0.05, 0) is 18.1 Å². The zero-order valence-corrected chi connectivity index (χ0v) is 14.7. The summed E-state index contributed by atoms with van der Waals surface area (Å²) in [6, 6.07) is 8.28. The number of likely N-dealkylation sites (N-methyl/N-ethyl adjacent to an activating group) is 1. The third-order valence-corrected chi connectivity index (χ3v) is 5.19. The standard InChI is InChI=1S/C18H26N4O2/c1-13-6-4-5-7-15(13)10-22-9-8-21(12-17(22)23)16-11-20(3)19-18(24)14(16)2/h4-7,14,16H,8-12H2,1-3H3,(H,19,24). The summed E-state index contributed by atoms with van der Waals surface area (Å²) in [6.07, 6.45) is 0. The maximum Gasteiger partial charge on any atom is 0.238 e. The second-order valence-electron chi connectivity index (χ2n) is 6.92. The van der Waals surface area contributed by atoms with E-state index in [0.717, 1.165) is 13.1 Å². The van der Waals surface area contributed by atoms with Crippen molar-refractivity contribution in [1.82, 2.24) is 20.2 Å². The van der Waals surface area contributed by atoms with E-state index in [9.17, 15) is 9.59 Å². The largest absolute Gasteiger partial charge is 0.336 e. The van der Waals surface area contributed by atoms with E-state index in [1.165, 1.54) is 11.1 Å². The van der Waals surface area contributed by atoms with Crippen LogP contribution in [0, 0.1) is 12.8 Å². The molecule has 3 rings (SSSR count). The van der Waals surface area contributed by atoms with E-state index in [1.54, 1.807) is 0 Å². The number of hydrazine groups is 1. The molecular formula is C18H26N4O2. The van der Waals surface area contributed by atoms with Crippen molar-refractivity contribution in [2.24, 2.45) is 5.92 Å². The molecule has 2 aliphatic heterocycles. The van der Waals surface area contributed by atoms with Crippen LogP contribution in [0.2, 0.25) is 0 Å². The van der Waals surface area contributed by atoms with Crippen molar-refractivity contribution in [2.45, 2.75) is 26.4 Å². The van der Waals surface area contributed by atoms with Crippen LogP contribution < -0.4 is 5.43 Å². The Balaban J connectivity index is 1.64. The van der Waals surface area contributed by atoms with Gasteiger partial charge in [0.15, 0.2) is 0 Å². The molecule has 2 saturated heterocycles. The van der Waals surface area contributed by atoms with Gasteiger partial charge in [-0.25, -0.2) is 5.01 Å². The number of piperazine rings is 1. The first-order chi connectivity index (χ1) is 11.5. The number of hydrogen-bond acceptors (Lipinski definition) is 4. The molecule has 0 radical (unpaired) electrons. The minimum Gasteiger partial charge on any atom is -0.336 e. The van der Waals surface area contributed by atoms with Gasteiger partial charge in [-0.1, -0.05) is 31.2 Å².